The summed E-state index contributed by atoms with van der Waals surface area (Å²) < 4.78 is 47.6. The molecule has 1 fully saturated rings. The number of anilines is 1. The largest absolute Gasteiger partial charge is 0.493 e. The fraction of sp³-hybridized carbons (Fsp3) is 0.270. The molecule has 7 rings (SSSR count). The number of carbonyl (C=O) groups is 1. The van der Waals surface area contributed by atoms with E-state index in [0.717, 1.165) is 57.3 Å². The predicted octanol–water partition coefficient (Wildman–Crippen LogP) is 6.30. The summed E-state index contributed by atoms with van der Waals surface area (Å²) in [6, 6.07) is 16.8. The summed E-state index contributed by atoms with van der Waals surface area (Å²) in [5.41, 5.74) is 2.30. The quantitative estimate of drug-likeness (QED) is 0.177. The van der Waals surface area contributed by atoms with Crippen LogP contribution in [0.3, 0.4) is 0 Å². The molecular weight excluding hydrogens is 618 g/mol. The Kier molecular flexibility index (Phi) is 9.13. The van der Waals surface area contributed by atoms with Gasteiger partial charge in [-0.05, 0) is 91.4 Å². The minimum absolute atomic E-state index is 0.00114. The van der Waals surface area contributed by atoms with E-state index < -0.39 is 23.1 Å². The number of hydrogen-bond acceptors (Lipinski definition) is 7. The number of aromatic nitrogens is 2. The van der Waals surface area contributed by atoms with E-state index >= 15 is 4.39 Å². The van der Waals surface area contributed by atoms with E-state index in [1.54, 1.807) is 18.5 Å². The van der Waals surface area contributed by atoms with Gasteiger partial charge < -0.3 is 19.5 Å². The molecule has 9 nitrogen and oxygen atoms in total. The first kappa shape index (κ1) is 31.5. The minimum Gasteiger partial charge on any atom is -0.493 e. The van der Waals surface area contributed by atoms with Gasteiger partial charge in [0.1, 0.15) is 22.9 Å². The van der Waals surface area contributed by atoms with Crippen molar-refractivity contribution in [3.8, 4) is 22.9 Å². The molecule has 2 aromatic heterocycles. The number of pyridine rings is 2. The van der Waals surface area contributed by atoms with Crippen LogP contribution < -0.4 is 20.3 Å². The Morgan fingerprint density at radius 2 is 1.79 bits per heavy atom. The van der Waals surface area contributed by atoms with Crippen LogP contribution in [0.4, 0.5) is 14.5 Å². The maximum Gasteiger partial charge on any atom is 0.268 e. The van der Waals surface area contributed by atoms with Crippen LogP contribution in [0.1, 0.15) is 34.3 Å². The van der Waals surface area contributed by atoms with Gasteiger partial charge in [0, 0.05) is 60.9 Å². The zero-order valence-electron chi connectivity index (χ0n) is 26.2. The molecule has 0 bridgehead atoms. The average Bonchev–Trinajstić information content (AvgIpc) is 3.56. The summed E-state index contributed by atoms with van der Waals surface area (Å²) in [5.74, 6) is -0.697. The normalized spacial score (nSPS) is 14.5. The predicted molar refractivity (Wildman–Crippen MR) is 178 cm³/mol. The van der Waals surface area contributed by atoms with Gasteiger partial charge in [0.25, 0.3) is 11.5 Å². The number of ether oxygens (including phenoxy) is 3. The van der Waals surface area contributed by atoms with Crippen LogP contribution in [-0.4, -0.2) is 59.8 Å². The average molecular weight is 653 g/mol. The van der Waals surface area contributed by atoms with Crippen molar-refractivity contribution in [2.24, 2.45) is 0 Å². The molecule has 0 atom stereocenters. The first-order valence-corrected chi connectivity index (χ1v) is 16.1. The van der Waals surface area contributed by atoms with E-state index in [-0.39, 0.29) is 17.0 Å². The lowest BCUT2D eigenvalue weighted by Gasteiger charge is -2.26. The van der Waals surface area contributed by atoms with E-state index in [0.29, 0.717) is 53.1 Å². The summed E-state index contributed by atoms with van der Waals surface area (Å²) in [4.78, 5) is 33.8. The molecule has 11 heteroatoms. The maximum atomic E-state index is 15.4. The van der Waals surface area contributed by atoms with Gasteiger partial charge in [0.2, 0.25) is 0 Å². The molecule has 0 radical (unpaired) electrons. The van der Waals surface area contributed by atoms with Crippen LogP contribution in [0.2, 0.25) is 0 Å². The summed E-state index contributed by atoms with van der Waals surface area (Å²) in [7, 11) is 0. The van der Waals surface area contributed by atoms with Crippen LogP contribution in [0.15, 0.2) is 83.9 Å². The van der Waals surface area contributed by atoms with Gasteiger partial charge >= 0.3 is 0 Å². The number of benzene rings is 3. The lowest BCUT2D eigenvalue weighted by atomic mass is 10.0. The summed E-state index contributed by atoms with van der Waals surface area (Å²) in [5, 5.41) is 3.37. The van der Waals surface area contributed by atoms with Crippen molar-refractivity contribution in [2.75, 3.05) is 44.8 Å². The molecule has 3 aromatic carbocycles. The SMILES string of the molecule is O=C(Nc1ccc(Oc2ccnc3cc(OCCCN4CCOCC4)ccc23)c(F)c1)c1c2c(cn(-c3ccc(F)cc3)c1=O)CCC2. The lowest BCUT2D eigenvalue weighted by Crippen LogP contribution is -2.37. The molecule has 5 aromatic rings. The van der Waals surface area contributed by atoms with Crippen molar-refractivity contribution in [2.45, 2.75) is 25.7 Å². The standard InChI is InChI=1S/C37H34F2N4O5/c38-25-5-8-27(9-6-25)43-23-24-3-1-4-29(24)35(37(43)45)36(44)41-26-7-12-34(31(39)21-26)48-33-13-14-40-32-22-28(10-11-30(32)33)47-18-2-15-42-16-19-46-20-17-42/h5-14,21-23H,1-4,15-20H2,(H,41,44). The van der Waals surface area contributed by atoms with Gasteiger partial charge in [0.05, 0.1) is 25.3 Å². The molecule has 0 spiro atoms. The number of halogens is 2. The summed E-state index contributed by atoms with van der Waals surface area (Å²) in [6.07, 6.45) is 6.29. The fourth-order valence-electron chi connectivity index (χ4n) is 6.24. The molecule has 246 valence electrons. The zero-order valence-corrected chi connectivity index (χ0v) is 26.2. The Morgan fingerprint density at radius 1 is 0.958 bits per heavy atom. The number of morpholine rings is 1. The Labute approximate surface area is 275 Å². The van der Waals surface area contributed by atoms with E-state index in [1.165, 1.54) is 41.0 Å². The topological polar surface area (TPSA) is 94.9 Å². The maximum absolute atomic E-state index is 15.4. The Bertz CT molecular complexity index is 2030. The Morgan fingerprint density at radius 3 is 2.60 bits per heavy atom. The molecule has 48 heavy (non-hydrogen) atoms. The molecule has 0 unspecified atom stereocenters. The van der Waals surface area contributed by atoms with E-state index in [4.69, 9.17) is 14.2 Å². The molecule has 3 heterocycles. The highest BCUT2D eigenvalue weighted by Gasteiger charge is 2.25. The summed E-state index contributed by atoms with van der Waals surface area (Å²) >= 11 is 0. The van der Waals surface area contributed by atoms with Crippen LogP contribution in [0.25, 0.3) is 16.6 Å². The Balaban J connectivity index is 1.04. The number of amides is 1. The van der Waals surface area contributed by atoms with Gasteiger partial charge in [0.15, 0.2) is 11.6 Å². The first-order valence-electron chi connectivity index (χ1n) is 16.1. The number of hydrogen-bond donors (Lipinski definition) is 1. The second kappa shape index (κ2) is 13.9. The van der Waals surface area contributed by atoms with Crippen molar-refractivity contribution in [3.05, 3.63) is 118 Å². The Hall–Kier alpha value is -5.13. The van der Waals surface area contributed by atoms with E-state index in [1.807, 2.05) is 18.2 Å². The molecule has 1 aliphatic heterocycles. The third-order valence-electron chi connectivity index (χ3n) is 8.69. The molecule has 1 aliphatic carbocycles. The van der Waals surface area contributed by atoms with Gasteiger partial charge in [-0.1, -0.05) is 0 Å². The van der Waals surface area contributed by atoms with Gasteiger partial charge in [-0.25, -0.2) is 8.78 Å². The highest BCUT2D eigenvalue weighted by Crippen LogP contribution is 2.33. The highest BCUT2D eigenvalue weighted by atomic mass is 19.1. The fourth-order valence-corrected chi connectivity index (χ4v) is 6.24. The third-order valence-corrected chi connectivity index (χ3v) is 8.69. The molecule has 1 saturated heterocycles. The summed E-state index contributed by atoms with van der Waals surface area (Å²) in [6.45, 7) is 4.95. The van der Waals surface area contributed by atoms with Gasteiger partial charge in [-0.2, -0.15) is 0 Å². The van der Waals surface area contributed by atoms with Crippen molar-refractivity contribution >= 4 is 22.5 Å². The molecule has 0 saturated carbocycles. The first-order chi connectivity index (χ1) is 23.4. The minimum atomic E-state index is -0.694. The third kappa shape index (κ3) is 6.78. The van der Waals surface area contributed by atoms with Crippen molar-refractivity contribution in [1.82, 2.24) is 14.5 Å². The number of carbonyl (C=O) groups excluding carboxylic acids is 1. The van der Waals surface area contributed by atoms with E-state index in [2.05, 4.69) is 15.2 Å². The van der Waals surface area contributed by atoms with Crippen LogP contribution >= 0.6 is 0 Å². The number of nitrogens with zero attached hydrogens (tertiary/aromatic N) is 3. The van der Waals surface area contributed by atoms with Crippen LogP contribution in [0, 0.1) is 11.6 Å². The van der Waals surface area contributed by atoms with Gasteiger partial charge in [-0.15, -0.1) is 0 Å². The number of aryl methyl sites for hydroxylation is 1. The number of nitrogens with one attached hydrogen (secondary N) is 1. The number of fused-ring (bicyclic) bond motifs is 2. The lowest BCUT2D eigenvalue weighted by molar-refractivity contribution is 0.0358. The van der Waals surface area contributed by atoms with Crippen molar-refractivity contribution < 1.29 is 27.8 Å². The van der Waals surface area contributed by atoms with Crippen LogP contribution in [0.5, 0.6) is 17.2 Å². The monoisotopic (exact) mass is 652 g/mol. The zero-order chi connectivity index (χ0) is 33.0. The molecular formula is C37H34F2N4O5. The number of rotatable bonds is 10. The molecule has 1 amide bonds. The molecule has 1 N–H and O–H groups in total. The van der Waals surface area contributed by atoms with Gasteiger partial charge in [-0.3, -0.25) is 24.0 Å². The second-order valence-electron chi connectivity index (χ2n) is 11.9. The highest BCUT2D eigenvalue weighted by molar-refractivity contribution is 6.05. The van der Waals surface area contributed by atoms with Crippen LogP contribution in [-0.2, 0) is 17.6 Å². The van der Waals surface area contributed by atoms with E-state index in [9.17, 15) is 14.0 Å². The van der Waals surface area contributed by atoms with Crippen molar-refractivity contribution in [3.63, 3.8) is 0 Å². The van der Waals surface area contributed by atoms with Crippen molar-refractivity contribution in [1.29, 1.82) is 0 Å². The second-order valence-corrected chi connectivity index (χ2v) is 11.9. The smallest absolute Gasteiger partial charge is 0.268 e. The molecule has 2 aliphatic rings.